The molecule has 2 heterocycles. The number of rotatable bonds is 8. The maximum Gasteiger partial charge on any atom is 0.116 e. The Morgan fingerprint density at radius 3 is 1.68 bits per heavy atom. The fourth-order valence-electron chi connectivity index (χ4n) is 1.90. The van der Waals surface area contributed by atoms with E-state index in [1.54, 1.807) is 24.3 Å². The predicted octanol–water partition coefficient (Wildman–Crippen LogP) is 5.65. The Bertz CT molecular complexity index is 400. The standard InChI is InChI=1S/C14H16Cl2O2S/c15-7-5-13(11-3-1-9-17-11)19-14(6-8-16)12-4-2-10-18-12/h1-4,9-10,13-14H,5-8H2. The summed E-state index contributed by atoms with van der Waals surface area (Å²) in [6, 6.07) is 7.79. The van der Waals surface area contributed by atoms with Gasteiger partial charge in [-0.25, -0.2) is 0 Å². The van der Waals surface area contributed by atoms with Gasteiger partial charge in [-0.1, -0.05) is 0 Å². The van der Waals surface area contributed by atoms with Crippen molar-refractivity contribution in [2.75, 3.05) is 11.8 Å². The molecule has 0 aliphatic rings. The molecule has 0 N–H and O–H groups in total. The van der Waals surface area contributed by atoms with Crippen LogP contribution in [0, 0.1) is 0 Å². The number of hydrogen-bond donors (Lipinski definition) is 0. The predicted molar refractivity (Wildman–Crippen MR) is 81.2 cm³/mol. The normalized spacial score (nSPS) is 14.4. The summed E-state index contributed by atoms with van der Waals surface area (Å²) < 4.78 is 11.0. The molecule has 19 heavy (non-hydrogen) atoms. The van der Waals surface area contributed by atoms with Gasteiger partial charge in [0.25, 0.3) is 0 Å². The molecule has 0 aliphatic carbocycles. The van der Waals surface area contributed by atoms with Gasteiger partial charge in [0.1, 0.15) is 11.5 Å². The van der Waals surface area contributed by atoms with E-state index < -0.39 is 0 Å². The van der Waals surface area contributed by atoms with Gasteiger partial charge in [0.2, 0.25) is 0 Å². The highest BCUT2D eigenvalue weighted by Gasteiger charge is 2.23. The minimum absolute atomic E-state index is 0.228. The fourth-order valence-corrected chi connectivity index (χ4v) is 4.04. The van der Waals surface area contributed by atoms with Crippen molar-refractivity contribution in [3.05, 3.63) is 48.3 Å². The fraction of sp³-hybridized carbons (Fsp3) is 0.429. The number of halogens is 2. The molecule has 2 aromatic rings. The molecule has 0 bridgehead atoms. The zero-order valence-electron chi connectivity index (χ0n) is 10.4. The number of hydrogen-bond acceptors (Lipinski definition) is 3. The lowest BCUT2D eigenvalue weighted by Gasteiger charge is -2.19. The first kappa shape index (κ1) is 14.9. The number of alkyl halides is 2. The van der Waals surface area contributed by atoms with E-state index in [0.717, 1.165) is 24.4 Å². The minimum atomic E-state index is 0.228. The first-order valence-electron chi connectivity index (χ1n) is 6.19. The molecule has 2 aromatic heterocycles. The monoisotopic (exact) mass is 318 g/mol. The van der Waals surface area contributed by atoms with Crippen molar-refractivity contribution >= 4 is 35.0 Å². The van der Waals surface area contributed by atoms with Crippen LogP contribution in [0.4, 0.5) is 0 Å². The van der Waals surface area contributed by atoms with Crippen molar-refractivity contribution in [3.8, 4) is 0 Å². The summed E-state index contributed by atoms with van der Waals surface area (Å²) in [7, 11) is 0. The molecule has 2 nitrogen and oxygen atoms in total. The second-order valence-electron chi connectivity index (χ2n) is 4.10. The summed E-state index contributed by atoms with van der Waals surface area (Å²) in [5.41, 5.74) is 0. The van der Waals surface area contributed by atoms with Gasteiger partial charge in [0.05, 0.1) is 23.0 Å². The summed E-state index contributed by atoms with van der Waals surface area (Å²) >= 11 is 13.6. The van der Waals surface area contributed by atoms with Gasteiger partial charge in [-0.3, -0.25) is 0 Å². The molecule has 0 aromatic carbocycles. The van der Waals surface area contributed by atoms with Gasteiger partial charge in [-0.05, 0) is 37.1 Å². The molecule has 0 amide bonds. The SMILES string of the molecule is ClCCC(SC(CCCl)c1ccco1)c1ccco1. The van der Waals surface area contributed by atoms with Crippen LogP contribution < -0.4 is 0 Å². The zero-order chi connectivity index (χ0) is 13.5. The van der Waals surface area contributed by atoms with Gasteiger partial charge in [0, 0.05) is 11.8 Å². The third-order valence-corrected chi connectivity index (χ3v) is 4.82. The van der Waals surface area contributed by atoms with E-state index in [4.69, 9.17) is 32.0 Å². The van der Waals surface area contributed by atoms with Gasteiger partial charge in [-0.2, -0.15) is 0 Å². The van der Waals surface area contributed by atoms with Crippen LogP contribution in [0.5, 0.6) is 0 Å². The first-order chi connectivity index (χ1) is 9.35. The van der Waals surface area contributed by atoms with E-state index in [0.29, 0.717) is 11.8 Å². The van der Waals surface area contributed by atoms with Crippen LogP contribution in [0.25, 0.3) is 0 Å². The van der Waals surface area contributed by atoms with Gasteiger partial charge in [-0.15, -0.1) is 35.0 Å². The highest BCUT2D eigenvalue weighted by molar-refractivity contribution is 7.99. The quantitative estimate of drug-likeness (QED) is 0.588. The highest BCUT2D eigenvalue weighted by Crippen LogP contribution is 2.44. The molecule has 5 heteroatoms. The molecule has 104 valence electrons. The maximum atomic E-state index is 5.89. The first-order valence-corrected chi connectivity index (χ1v) is 8.20. The third kappa shape index (κ3) is 4.23. The van der Waals surface area contributed by atoms with Crippen molar-refractivity contribution in [3.63, 3.8) is 0 Å². The smallest absolute Gasteiger partial charge is 0.116 e. The lowest BCUT2D eigenvalue weighted by atomic mass is 10.2. The molecule has 0 fully saturated rings. The topological polar surface area (TPSA) is 26.3 Å². The number of furan rings is 2. The largest absolute Gasteiger partial charge is 0.468 e. The molecule has 0 saturated heterocycles. The Kier molecular flexibility index (Phi) is 6.21. The summed E-state index contributed by atoms with van der Waals surface area (Å²) in [4.78, 5) is 0. The Morgan fingerprint density at radius 2 is 1.37 bits per heavy atom. The molecule has 2 rings (SSSR count). The number of thioether (sulfide) groups is 1. The van der Waals surface area contributed by atoms with Crippen LogP contribution in [0.3, 0.4) is 0 Å². The Hall–Kier alpha value is -0.510. The average Bonchev–Trinajstić information content (AvgIpc) is 3.10. The van der Waals surface area contributed by atoms with E-state index in [1.165, 1.54) is 0 Å². The molecule has 0 radical (unpaired) electrons. The average molecular weight is 319 g/mol. The minimum Gasteiger partial charge on any atom is -0.468 e. The van der Waals surface area contributed by atoms with E-state index in [9.17, 15) is 0 Å². The third-order valence-electron chi connectivity index (χ3n) is 2.79. The molecular weight excluding hydrogens is 303 g/mol. The van der Waals surface area contributed by atoms with Gasteiger partial charge in [0.15, 0.2) is 0 Å². The zero-order valence-corrected chi connectivity index (χ0v) is 12.8. The summed E-state index contributed by atoms with van der Waals surface area (Å²) in [5.74, 6) is 3.11. The van der Waals surface area contributed by atoms with Crippen molar-refractivity contribution in [1.82, 2.24) is 0 Å². The van der Waals surface area contributed by atoms with Gasteiger partial charge >= 0.3 is 0 Å². The molecule has 0 aliphatic heterocycles. The lowest BCUT2D eigenvalue weighted by molar-refractivity contribution is 0.493. The lowest BCUT2D eigenvalue weighted by Crippen LogP contribution is -2.01. The summed E-state index contributed by atoms with van der Waals surface area (Å²) in [6.45, 7) is 0. The molecule has 0 saturated carbocycles. The van der Waals surface area contributed by atoms with Crippen LogP contribution in [-0.4, -0.2) is 11.8 Å². The highest BCUT2D eigenvalue weighted by atomic mass is 35.5. The molecule has 0 spiro atoms. The molecule has 2 unspecified atom stereocenters. The second-order valence-corrected chi connectivity index (χ2v) is 6.27. The van der Waals surface area contributed by atoms with Crippen LogP contribution in [0.15, 0.2) is 45.6 Å². The van der Waals surface area contributed by atoms with E-state index in [2.05, 4.69) is 0 Å². The van der Waals surface area contributed by atoms with E-state index in [-0.39, 0.29) is 10.5 Å². The Balaban J connectivity index is 2.09. The van der Waals surface area contributed by atoms with E-state index >= 15 is 0 Å². The van der Waals surface area contributed by atoms with Crippen molar-refractivity contribution in [1.29, 1.82) is 0 Å². The Labute approximate surface area is 127 Å². The van der Waals surface area contributed by atoms with Gasteiger partial charge < -0.3 is 8.83 Å². The Morgan fingerprint density at radius 1 is 0.895 bits per heavy atom. The maximum absolute atomic E-state index is 5.89. The van der Waals surface area contributed by atoms with Crippen molar-refractivity contribution < 1.29 is 8.83 Å². The van der Waals surface area contributed by atoms with Crippen LogP contribution in [0.1, 0.15) is 34.9 Å². The van der Waals surface area contributed by atoms with Crippen LogP contribution >= 0.6 is 35.0 Å². The van der Waals surface area contributed by atoms with Crippen molar-refractivity contribution in [2.24, 2.45) is 0 Å². The van der Waals surface area contributed by atoms with Crippen LogP contribution in [-0.2, 0) is 0 Å². The second kappa shape index (κ2) is 7.93. The van der Waals surface area contributed by atoms with Crippen molar-refractivity contribution in [2.45, 2.75) is 23.3 Å². The van der Waals surface area contributed by atoms with E-state index in [1.807, 2.05) is 24.3 Å². The summed E-state index contributed by atoms with van der Waals surface area (Å²) in [5, 5.41) is 0.455. The van der Waals surface area contributed by atoms with Crippen LogP contribution in [0.2, 0.25) is 0 Å². The molecule has 2 atom stereocenters. The summed E-state index contributed by atoms with van der Waals surface area (Å²) in [6.07, 6.45) is 5.11. The molecular formula is C14H16Cl2O2S.